The lowest BCUT2D eigenvalue weighted by Gasteiger charge is -2.26. The van der Waals surface area contributed by atoms with Gasteiger partial charge in [-0.15, -0.1) is 0 Å². The van der Waals surface area contributed by atoms with Gasteiger partial charge in [0.15, 0.2) is 17.0 Å². The fourth-order valence-corrected chi connectivity index (χ4v) is 3.38. The highest BCUT2D eigenvalue weighted by Crippen LogP contribution is 2.40. The number of carbonyl (C=O) groups excluding carboxylic acids is 3. The van der Waals surface area contributed by atoms with Gasteiger partial charge >= 0.3 is 5.97 Å². The van der Waals surface area contributed by atoms with E-state index in [1.54, 1.807) is 72.9 Å². The molecule has 1 aromatic heterocycles. The molecular formula is C22H15NO4. The molecule has 27 heavy (non-hydrogen) atoms. The minimum atomic E-state index is -1.57. The molecule has 5 heteroatoms. The second-order valence-corrected chi connectivity index (χ2v) is 6.29. The fraction of sp³-hybridized carbons (Fsp3) is 0.0909. The van der Waals surface area contributed by atoms with Gasteiger partial charge in [0.2, 0.25) is 0 Å². The van der Waals surface area contributed by atoms with Crippen LogP contribution in [0.5, 0.6) is 0 Å². The van der Waals surface area contributed by atoms with Crippen LogP contribution in [0.15, 0.2) is 79.1 Å². The molecule has 1 aliphatic rings. The largest absolute Gasteiger partial charge is 0.460 e. The topological polar surface area (TPSA) is 73.3 Å². The normalized spacial score (nSPS) is 14.7. The highest BCUT2D eigenvalue weighted by molar-refractivity contribution is 6.33. The zero-order chi connectivity index (χ0) is 18.9. The molecule has 132 valence electrons. The van der Waals surface area contributed by atoms with Crippen LogP contribution in [0, 0.1) is 0 Å². The predicted octanol–water partition coefficient (Wildman–Crippen LogP) is 3.26. The van der Waals surface area contributed by atoms with E-state index in [1.165, 1.54) is 6.20 Å². The van der Waals surface area contributed by atoms with Crippen LogP contribution >= 0.6 is 0 Å². The number of rotatable bonds is 4. The van der Waals surface area contributed by atoms with Crippen LogP contribution in [-0.2, 0) is 10.2 Å². The Morgan fingerprint density at radius 1 is 0.852 bits per heavy atom. The van der Waals surface area contributed by atoms with Crippen molar-refractivity contribution in [1.29, 1.82) is 0 Å². The van der Waals surface area contributed by atoms with E-state index in [-0.39, 0.29) is 23.7 Å². The molecule has 0 saturated heterocycles. The lowest BCUT2D eigenvalue weighted by molar-refractivity contribution is 0.0390. The highest BCUT2D eigenvalue weighted by Gasteiger charge is 2.55. The summed E-state index contributed by atoms with van der Waals surface area (Å²) in [6.45, 7) is -0.364. The van der Waals surface area contributed by atoms with Gasteiger partial charge in [-0.25, -0.2) is 4.79 Å². The van der Waals surface area contributed by atoms with Crippen LogP contribution in [0.3, 0.4) is 0 Å². The average molecular weight is 357 g/mol. The molecule has 3 aromatic rings. The summed E-state index contributed by atoms with van der Waals surface area (Å²) in [5.41, 5.74) is -0.0955. The van der Waals surface area contributed by atoms with Gasteiger partial charge in [-0.3, -0.25) is 14.6 Å². The summed E-state index contributed by atoms with van der Waals surface area (Å²) in [6, 6.07) is 18.6. The highest BCUT2D eigenvalue weighted by atomic mass is 16.5. The van der Waals surface area contributed by atoms with E-state index in [0.29, 0.717) is 16.7 Å². The van der Waals surface area contributed by atoms with Gasteiger partial charge in [0, 0.05) is 23.5 Å². The minimum absolute atomic E-state index is 0.260. The quantitative estimate of drug-likeness (QED) is 0.529. The Labute approximate surface area is 155 Å². The van der Waals surface area contributed by atoms with Crippen LogP contribution in [0.2, 0.25) is 0 Å². The third-order valence-corrected chi connectivity index (χ3v) is 4.78. The Morgan fingerprint density at radius 2 is 1.48 bits per heavy atom. The Hall–Kier alpha value is -3.60. The number of benzene rings is 2. The number of Topliss-reactive ketones (excluding diaryl/α,β-unsaturated/α-hetero) is 2. The van der Waals surface area contributed by atoms with E-state index in [1.807, 2.05) is 0 Å². The van der Waals surface area contributed by atoms with Gasteiger partial charge < -0.3 is 4.74 Å². The Balaban J connectivity index is 1.75. The van der Waals surface area contributed by atoms with Crippen molar-refractivity contribution in [2.75, 3.05) is 6.61 Å². The number of pyridine rings is 1. The number of fused-ring (bicyclic) bond motifs is 1. The first kappa shape index (κ1) is 16.8. The number of nitrogens with zero attached hydrogens (tertiary/aromatic N) is 1. The van der Waals surface area contributed by atoms with Crippen molar-refractivity contribution in [3.8, 4) is 0 Å². The first-order chi connectivity index (χ1) is 13.1. The number of ketones is 2. The van der Waals surface area contributed by atoms with Crippen molar-refractivity contribution in [2.45, 2.75) is 5.41 Å². The number of ether oxygens (including phenoxy) is 1. The van der Waals surface area contributed by atoms with Gasteiger partial charge in [0.25, 0.3) is 0 Å². The molecule has 0 saturated carbocycles. The maximum absolute atomic E-state index is 13.3. The maximum Gasteiger partial charge on any atom is 0.339 e. The van der Waals surface area contributed by atoms with E-state index in [2.05, 4.69) is 4.98 Å². The van der Waals surface area contributed by atoms with E-state index < -0.39 is 11.4 Å². The molecule has 0 atom stereocenters. The minimum Gasteiger partial charge on any atom is -0.460 e. The standard InChI is InChI=1S/C22H15NO4/c24-19-17-10-4-5-11-18(17)20(25)22(19,16-8-2-1-3-9-16)14-27-21(26)15-7-6-12-23-13-15/h1-13H,14H2. The van der Waals surface area contributed by atoms with Crippen LogP contribution < -0.4 is 0 Å². The van der Waals surface area contributed by atoms with Crippen LogP contribution in [0.1, 0.15) is 36.6 Å². The molecule has 0 spiro atoms. The molecule has 0 N–H and O–H groups in total. The van der Waals surface area contributed by atoms with Gasteiger partial charge in [-0.05, 0) is 17.7 Å². The Kier molecular flexibility index (Phi) is 4.12. The maximum atomic E-state index is 13.3. The van der Waals surface area contributed by atoms with Crippen molar-refractivity contribution in [3.63, 3.8) is 0 Å². The van der Waals surface area contributed by atoms with Crippen molar-refractivity contribution in [1.82, 2.24) is 4.98 Å². The molecule has 0 fully saturated rings. The molecule has 0 unspecified atom stereocenters. The summed E-state index contributed by atoms with van der Waals surface area (Å²) in [5, 5.41) is 0. The second-order valence-electron chi connectivity index (χ2n) is 6.29. The van der Waals surface area contributed by atoms with Gasteiger partial charge in [-0.2, -0.15) is 0 Å². The predicted molar refractivity (Wildman–Crippen MR) is 97.7 cm³/mol. The zero-order valence-corrected chi connectivity index (χ0v) is 14.3. The van der Waals surface area contributed by atoms with Gasteiger partial charge in [-0.1, -0.05) is 54.6 Å². The number of carbonyl (C=O) groups is 3. The van der Waals surface area contributed by atoms with Crippen molar-refractivity contribution in [3.05, 3.63) is 101 Å². The number of hydrogen-bond donors (Lipinski definition) is 0. The third kappa shape index (κ3) is 2.64. The van der Waals surface area contributed by atoms with Crippen LogP contribution in [-0.4, -0.2) is 29.1 Å². The molecular weight excluding hydrogens is 342 g/mol. The van der Waals surface area contributed by atoms with Crippen molar-refractivity contribution >= 4 is 17.5 Å². The molecule has 0 radical (unpaired) electrons. The first-order valence-corrected chi connectivity index (χ1v) is 8.46. The molecule has 0 bridgehead atoms. The molecule has 2 aromatic carbocycles. The van der Waals surface area contributed by atoms with E-state index in [9.17, 15) is 14.4 Å². The molecule has 1 aliphatic carbocycles. The average Bonchev–Trinajstić information content (AvgIpc) is 2.96. The van der Waals surface area contributed by atoms with Gasteiger partial charge in [0.1, 0.15) is 6.61 Å². The lowest BCUT2D eigenvalue weighted by Crippen LogP contribution is -2.43. The van der Waals surface area contributed by atoms with E-state index in [0.717, 1.165) is 0 Å². The summed E-state index contributed by atoms with van der Waals surface area (Å²) >= 11 is 0. The SMILES string of the molecule is O=C(OCC1(c2ccccc2)C(=O)c2ccccc2C1=O)c1cccnc1. The first-order valence-electron chi connectivity index (χ1n) is 8.46. The van der Waals surface area contributed by atoms with Crippen molar-refractivity contribution in [2.24, 2.45) is 0 Å². The smallest absolute Gasteiger partial charge is 0.339 e. The summed E-state index contributed by atoms with van der Waals surface area (Å²) < 4.78 is 5.42. The summed E-state index contributed by atoms with van der Waals surface area (Å²) in [5.74, 6) is -1.34. The second kappa shape index (κ2) is 6.61. The van der Waals surface area contributed by atoms with E-state index in [4.69, 9.17) is 4.74 Å². The zero-order valence-electron chi connectivity index (χ0n) is 14.3. The molecule has 5 nitrogen and oxygen atoms in total. The van der Waals surface area contributed by atoms with E-state index >= 15 is 0 Å². The lowest BCUT2D eigenvalue weighted by atomic mass is 9.76. The monoisotopic (exact) mass is 357 g/mol. The summed E-state index contributed by atoms with van der Waals surface area (Å²) in [6.07, 6.45) is 2.92. The van der Waals surface area contributed by atoms with Crippen molar-refractivity contribution < 1.29 is 19.1 Å². The Morgan fingerprint density at radius 3 is 2.07 bits per heavy atom. The fourth-order valence-electron chi connectivity index (χ4n) is 3.38. The summed E-state index contributed by atoms with van der Waals surface area (Å²) in [4.78, 5) is 42.8. The number of aromatic nitrogens is 1. The molecule has 1 heterocycles. The van der Waals surface area contributed by atoms with Crippen LogP contribution in [0.4, 0.5) is 0 Å². The molecule has 0 amide bonds. The number of hydrogen-bond acceptors (Lipinski definition) is 5. The number of esters is 1. The molecule has 4 rings (SSSR count). The summed E-state index contributed by atoms with van der Waals surface area (Å²) in [7, 11) is 0. The van der Waals surface area contributed by atoms with Crippen LogP contribution in [0.25, 0.3) is 0 Å². The molecule has 0 aliphatic heterocycles. The van der Waals surface area contributed by atoms with Gasteiger partial charge in [0.05, 0.1) is 5.56 Å². The Bertz CT molecular complexity index is 993. The third-order valence-electron chi connectivity index (χ3n) is 4.78.